The lowest BCUT2D eigenvalue weighted by Crippen LogP contribution is -2.52. The van der Waals surface area contributed by atoms with Gasteiger partial charge in [0.25, 0.3) is 5.91 Å². The number of para-hydroxylation sites is 1. The molecular weight excluding hydrogens is 344 g/mol. The number of esters is 1. The van der Waals surface area contributed by atoms with Crippen LogP contribution in [0.5, 0.6) is 5.75 Å². The van der Waals surface area contributed by atoms with Gasteiger partial charge in [0.1, 0.15) is 11.3 Å². The number of carbonyl (C=O) groups is 2. The Balaban J connectivity index is 1.93. The highest BCUT2D eigenvalue weighted by Crippen LogP contribution is 2.27. The topological polar surface area (TPSA) is 88.4 Å². The van der Waals surface area contributed by atoms with Crippen molar-refractivity contribution in [2.75, 3.05) is 6.61 Å². The van der Waals surface area contributed by atoms with Crippen LogP contribution in [0.1, 0.15) is 51.5 Å². The molecule has 0 saturated heterocycles. The molecule has 1 aromatic rings. The number of rotatable bonds is 7. The normalized spacial score (nSPS) is 16.9. The second-order valence-corrected chi connectivity index (χ2v) is 6.63. The Morgan fingerprint density at radius 1 is 1.30 bits per heavy atom. The molecule has 6 nitrogen and oxygen atoms in total. The van der Waals surface area contributed by atoms with E-state index in [1.54, 1.807) is 6.08 Å². The van der Waals surface area contributed by atoms with E-state index in [-0.39, 0.29) is 0 Å². The van der Waals surface area contributed by atoms with Crippen LogP contribution in [0.15, 0.2) is 30.3 Å². The van der Waals surface area contributed by atoms with Gasteiger partial charge >= 0.3 is 5.97 Å². The molecule has 1 saturated carbocycles. The van der Waals surface area contributed by atoms with Crippen LogP contribution >= 0.6 is 0 Å². The second kappa shape index (κ2) is 9.77. The van der Waals surface area contributed by atoms with Gasteiger partial charge in [0.2, 0.25) is 0 Å². The lowest BCUT2D eigenvalue weighted by molar-refractivity contribution is -0.150. The van der Waals surface area contributed by atoms with Crippen LogP contribution in [0.2, 0.25) is 0 Å². The lowest BCUT2D eigenvalue weighted by Gasteiger charge is -2.32. The number of amides is 1. The number of nitriles is 1. The number of ether oxygens (including phenoxy) is 2. The third-order valence-corrected chi connectivity index (χ3v) is 4.56. The molecule has 1 atom stereocenters. The zero-order chi connectivity index (χ0) is 19.7. The van der Waals surface area contributed by atoms with Gasteiger partial charge in [-0.15, -0.1) is 0 Å². The summed E-state index contributed by atoms with van der Waals surface area (Å²) in [6.45, 7) is 3.91. The summed E-state index contributed by atoms with van der Waals surface area (Å²) in [6.07, 6.45) is 6.02. The Kier molecular flexibility index (Phi) is 7.42. The van der Waals surface area contributed by atoms with Crippen molar-refractivity contribution in [3.8, 4) is 11.8 Å². The Morgan fingerprint density at radius 2 is 2.00 bits per heavy atom. The van der Waals surface area contributed by atoms with Crippen molar-refractivity contribution < 1.29 is 19.1 Å². The van der Waals surface area contributed by atoms with Crippen LogP contribution in [0, 0.1) is 11.3 Å². The van der Waals surface area contributed by atoms with E-state index in [1.165, 1.54) is 13.0 Å². The van der Waals surface area contributed by atoms with Gasteiger partial charge in [0, 0.05) is 11.6 Å². The maximum Gasteiger partial charge on any atom is 0.331 e. The predicted octanol–water partition coefficient (Wildman–Crippen LogP) is 3.37. The smallest absolute Gasteiger partial charge is 0.331 e. The molecule has 0 radical (unpaired) electrons. The van der Waals surface area contributed by atoms with Gasteiger partial charge in [-0.3, -0.25) is 4.79 Å². The van der Waals surface area contributed by atoms with Crippen LogP contribution in [0.4, 0.5) is 0 Å². The Bertz CT molecular complexity index is 730. The molecule has 0 heterocycles. The van der Waals surface area contributed by atoms with Crippen molar-refractivity contribution in [3.05, 3.63) is 35.9 Å². The Labute approximate surface area is 160 Å². The first-order valence-corrected chi connectivity index (χ1v) is 9.33. The average Bonchev–Trinajstić information content (AvgIpc) is 2.68. The summed E-state index contributed by atoms with van der Waals surface area (Å²) in [4.78, 5) is 24.4. The molecule has 1 unspecified atom stereocenters. The maximum atomic E-state index is 12.3. The molecule has 6 heteroatoms. The van der Waals surface area contributed by atoms with E-state index in [1.807, 2.05) is 31.2 Å². The monoisotopic (exact) mass is 370 g/mol. The van der Waals surface area contributed by atoms with Gasteiger partial charge in [-0.1, -0.05) is 37.5 Å². The molecule has 2 rings (SSSR count). The molecule has 1 aromatic carbocycles. The average molecular weight is 370 g/mol. The zero-order valence-electron chi connectivity index (χ0n) is 15.9. The highest BCUT2D eigenvalue weighted by Gasteiger charge is 2.35. The van der Waals surface area contributed by atoms with Crippen LogP contribution in [0.25, 0.3) is 6.08 Å². The third-order valence-electron chi connectivity index (χ3n) is 4.56. The summed E-state index contributed by atoms with van der Waals surface area (Å²) >= 11 is 0. The molecule has 0 spiro atoms. The summed E-state index contributed by atoms with van der Waals surface area (Å²) in [6, 6.07) is 9.55. The SMILES string of the molecule is CCOc1ccccc1/C=C/C(=O)OC(C)C(=O)NC1(C#N)CCCCC1. The van der Waals surface area contributed by atoms with E-state index in [0.29, 0.717) is 25.2 Å². The van der Waals surface area contributed by atoms with E-state index in [4.69, 9.17) is 9.47 Å². The molecule has 144 valence electrons. The molecule has 1 amide bonds. The van der Waals surface area contributed by atoms with Gasteiger partial charge in [0.05, 0.1) is 12.7 Å². The molecule has 27 heavy (non-hydrogen) atoms. The molecule has 1 N–H and O–H groups in total. The van der Waals surface area contributed by atoms with Crippen molar-refractivity contribution in [2.24, 2.45) is 0 Å². The number of benzene rings is 1. The first kappa shape index (κ1) is 20.5. The van der Waals surface area contributed by atoms with Gasteiger partial charge in [-0.2, -0.15) is 5.26 Å². The molecule has 1 fully saturated rings. The Morgan fingerprint density at radius 3 is 2.67 bits per heavy atom. The van der Waals surface area contributed by atoms with E-state index in [2.05, 4.69) is 11.4 Å². The second-order valence-electron chi connectivity index (χ2n) is 6.63. The fourth-order valence-corrected chi connectivity index (χ4v) is 3.09. The van der Waals surface area contributed by atoms with Gasteiger partial charge in [-0.05, 0) is 38.8 Å². The fraction of sp³-hybridized carbons (Fsp3) is 0.476. The number of hydrogen-bond donors (Lipinski definition) is 1. The summed E-state index contributed by atoms with van der Waals surface area (Å²) in [7, 11) is 0. The maximum absolute atomic E-state index is 12.3. The quantitative estimate of drug-likeness (QED) is 0.587. The van der Waals surface area contributed by atoms with E-state index >= 15 is 0 Å². The summed E-state index contributed by atoms with van der Waals surface area (Å²) in [5.41, 5.74) is -0.0959. The van der Waals surface area contributed by atoms with E-state index < -0.39 is 23.5 Å². The molecule has 0 bridgehead atoms. The number of nitrogens with one attached hydrogen (secondary N) is 1. The highest BCUT2D eigenvalue weighted by atomic mass is 16.5. The fourth-order valence-electron chi connectivity index (χ4n) is 3.09. The molecule has 0 aliphatic heterocycles. The lowest BCUT2D eigenvalue weighted by atomic mass is 9.83. The van der Waals surface area contributed by atoms with Crippen molar-refractivity contribution in [1.29, 1.82) is 5.26 Å². The first-order chi connectivity index (χ1) is 13.0. The summed E-state index contributed by atoms with van der Waals surface area (Å²) in [5.74, 6) is -0.406. The van der Waals surface area contributed by atoms with Crippen LogP contribution in [-0.2, 0) is 14.3 Å². The standard InChI is InChI=1S/C21H26N2O4/c1-3-26-18-10-6-5-9-17(18)11-12-19(24)27-16(2)20(25)23-21(15-22)13-7-4-8-14-21/h5-6,9-12,16H,3-4,7-8,13-14H2,1-2H3,(H,23,25)/b12-11+. The Hall–Kier alpha value is -2.81. The molecule has 1 aliphatic carbocycles. The van der Waals surface area contributed by atoms with Gasteiger partial charge < -0.3 is 14.8 Å². The minimum atomic E-state index is -0.976. The van der Waals surface area contributed by atoms with Crippen molar-refractivity contribution in [2.45, 2.75) is 57.6 Å². The minimum Gasteiger partial charge on any atom is -0.493 e. The van der Waals surface area contributed by atoms with Gasteiger partial charge in [-0.25, -0.2) is 4.79 Å². The first-order valence-electron chi connectivity index (χ1n) is 9.33. The highest BCUT2D eigenvalue weighted by molar-refractivity contribution is 5.91. The molecule has 1 aliphatic rings. The summed E-state index contributed by atoms with van der Waals surface area (Å²) in [5, 5.41) is 12.2. The van der Waals surface area contributed by atoms with Crippen LogP contribution < -0.4 is 10.1 Å². The zero-order valence-corrected chi connectivity index (χ0v) is 15.9. The minimum absolute atomic E-state index is 0.449. The number of carbonyl (C=O) groups excluding carboxylic acids is 2. The van der Waals surface area contributed by atoms with Crippen molar-refractivity contribution in [1.82, 2.24) is 5.32 Å². The molecule has 0 aromatic heterocycles. The van der Waals surface area contributed by atoms with Crippen molar-refractivity contribution >= 4 is 18.0 Å². The number of nitrogens with zero attached hydrogens (tertiary/aromatic N) is 1. The van der Waals surface area contributed by atoms with E-state index in [0.717, 1.165) is 24.8 Å². The predicted molar refractivity (Wildman–Crippen MR) is 102 cm³/mol. The van der Waals surface area contributed by atoms with E-state index in [9.17, 15) is 14.9 Å². The summed E-state index contributed by atoms with van der Waals surface area (Å²) < 4.78 is 10.7. The molecular formula is C21H26N2O4. The van der Waals surface area contributed by atoms with Crippen molar-refractivity contribution in [3.63, 3.8) is 0 Å². The van der Waals surface area contributed by atoms with Crippen LogP contribution in [0.3, 0.4) is 0 Å². The third kappa shape index (κ3) is 5.85. The van der Waals surface area contributed by atoms with Gasteiger partial charge in [0.15, 0.2) is 6.10 Å². The largest absolute Gasteiger partial charge is 0.493 e. The van der Waals surface area contributed by atoms with Crippen LogP contribution in [-0.4, -0.2) is 30.1 Å². The number of hydrogen-bond acceptors (Lipinski definition) is 5.